The van der Waals surface area contributed by atoms with Gasteiger partial charge in [-0.15, -0.1) is 0 Å². The topological polar surface area (TPSA) is 38.3 Å². The minimum atomic E-state index is -0.00929. The third-order valence-corrected chi connectivity index (χ3v) is 4.14. The van der Waals surface area contributed by atoms with Gasteiger partial charge in [-0.1, -0.05) is 30.1 Å². The summed E-state index contributed by atoms with van der Waals surface area (Å²) in [6.45, 7) is 4.27. The highest BCUT2D eigenvalue weighted by Crippen LogP contribution is 2.33. The van der Waals surface area contributed by atoms with Gasteiger partial charge in [0.2, 0.25) is 0 Å². The highest BCUT2D eigenvalue weighted by Gasteiger charge is 2.25. The zero-order valence-corrected chi connectivity index (χ0v) is 13.1. The number of hydrogen-bond donors (Lipinski definition) is 1. The van der Waals surface area contributed by atoms with Gasteiger partial charge >= 0.3 is 0 Å². The quantitative estimate of drug-likeness (QED) is 0.836. The lowest BCUT2D eigenvalue weighted by Crippen LogP contribution is -2.34. The van der Waals surface area contributed by atoms with Crippen LogP contribution < -0.4 is 10.1 Å². The molecule has 5 heteroatoms. The Morgan fingerprint density at radius 2 is 2.15 bits per heavy atom. The van der Waals surface area contributed by atoms with E-state index in [4.69, 9.17) is 27.9 Å². The Balaban J connectivity index is 2.27. The van der Waals surface area contributed by atoms with Gasteiger partial charge in [-0.2, -0.15) is 0 Å². The van der Waals surface area contributed by atoms with Crippen LogP contribution in [-0.4, -0.2) is 25.5 Å². The SMILES string of the molecule is CCCOc1cc(Cl)c(Cl)cc1C(=O)C1CCCNC1. The van der Waals surface area contributed by atoms with E-state index in [1.54, 1.807) is 12.1 Å². The summed E-state index contributed by atoms with van der Waals surface area (Å²) in [7, 11) is 0. The first-order chi connectivity index (χ1) is 9.63. The van der Waals surface area contributed by atoms with Crippen LogP contribution in [0.5, 0.6) is 5.75 Å². The van der Waals surface area contributed by atoms with Gasteiger partial charge < -0.3 is 10.1 Å². The molecule has 1 saturated heterocycles. The predicted octanol–water partition coefficient (Wildman–Crippen LogP) is 3.96. The Bertz CT molecular complexity index is 485. The minimum absolute atomic E-state index is 0.00929. The Hall–Kier alpha value is -0.770. The summed E-state index contributed by atoms with van der Waals surface area (Å²) in [4.78, 5) is 12.6. The lowest BCUT2D eigenvalue weighted by atomic mass is 9.90. The van der Waals surface area contributed by atoms with Gasteiger partial charge in [-0.25, -0.2) is 0 Å². The summed E-state index contributed by atoms with van der Waals surface area (Å²) in [6.07, 6.45) is 2.79. The van der Waals surface area contributed by atoms with Crippen LogP contribution in [-0.2, 0) is 0 Å². The molecule has 1 atom stereocenters. The number of carbonyl (C=O) groups excluding carboxylic acids is 1. The second kappa shape index (κ2) is 7.30. The highest BCUT2D eigenvalue weighted by atomic mass is 35.5. The number of rotatable bonds is 5. The van der Waals surface area contributed by atoms with Crippen molar-refractivity contribution in [3.8, 4) is 5.75 Å². The summed E-state index contributed by atoms with van der Waals surface area (Å²) in [5.41, 5.74) is 0.543. The molecule has 1 unspecified atom stereocenters. The first-order valence-electron chi connectivity index (χ1n) is 7.00. The molecule has 0 radical (unpaired) electrons. The summed E-state index contributed by atoms with van der Waals surface area (Å²) >= 11 is 12.1. The number of ketones is 1. The maximum atomic E-state index is 12.6. The normalized spacial score (nSPS) is 18.9. The van der Waals surface area contributed by atoms with Gasteiger partial charge in [0.05, 0.1) is 22.2 Å². The van der Waals surface area contributed by atoms with E-state index in [2.05, 4.69) is 5.32 Å². The van der Waals surface area contributed by atoms with Crippen LogP contribution in [0.4, 0.5) is 0 Å². The molecule has 1 aromatic carbocycles. The molecule has 1 fully saturated rings. The van der Waals surface area contributed by atoms with Crippen molar-refractivity contribution in [1.82, 2.24) is 5.32 Å². The Labute approximate surface area is 129 Å². The van der Waals surface area contributed by atoms with E-state index >= 15 is 0 Å². The molecule has 1 aromatic rings. The maximum absolute atomic E-state index is 12.6. The number of hydrogen-bond acceptors (Lipinski definition) is 3. The standard InChI is InChI=1S/C15H19Cl2NO2/c1-2-6-20-14-8-13(17)12(16)7-11(14)15(19)10-4-3-5-18-9-10/h7-8,10,18H,2-6,9H2,1H3. The average Bonchev–Trinajstić information content (AvgIpc) is 2.48. The highest BCUT2D eigenvalue weighted by molar-refractivity contribution is 6.42. The molecule has 20 heavy (non-hydrogen) atoms. The fraction of sp³-hybridized carbons (Fsp3) is 0.533. The second-order valence-electron chi connectivity index (χ2n) is 5.02. The number of benzene rings is 1. The number of piperidine rings is 1. The molecule has 0 aromatic heterocycles. The molecule has 110 valence electrons. The number of nitrogens with one attached hydrogen (secondary N) is 1. The van der Waals surface area contributed by atoms with E-state index in [1.165, 1.54) is 0 Å². The van der Waals surface area contributed by atoms with E-state index in [0.29, 0.717) is 34.5 Å². The molecular weight excluding hydrogens is 297 g/mol. The third-order valence-electron chi connectivity index (χ3n) is 3.42. The number of halogens is 2. The van der Waals surface area contributed by atoms with Crippen LogP contribution in [0.15, 0.2) is 12.1 Å². The van der Waals surface area contributed by atoms with Gasteiger partial charge in [0.25, 0.3) is 0 Å². The molecule has 0 aliphatic carbocycles. The van der Waals surface area contributed by atoms with Crippen LogP contribution in [0.3, 0.4) is 0 Å². The van der Waals surface area contributed by atoms with E-state index < -0.39 is 0 Å². The fourth-order valence-corrected chi connectivity index (χ4v) is 2.67. The molecule has 3 nitrogen and oxygen atoms in total. The predicted molar refractivity (Wildman–Crippen MR) is 82.2 cm³/mol. The van der Waals surface area contributed by atoms with Crippen LogP contribution in [0, 0.1) is 5.92 Å². The molecule has 0 bridgehead atoms. The lowest BCUT2D eigenvalue weighted by Gasteiger charge is -2.22. The molecular formula is C15H19Cl2NO2. The van der Waals surface area contributed by atoms with E-state index in [1.807, 2.05) is 6.92 Å². The summed E-state index contributed by atoms with van der Waals surface area (Å²) in [5, 5.41) is 4.06. The van der Waals surface area contributed by atoms with Crippen molar-refractivity contribution >= 4 is 29.0 Å². The summed E-state index contributed by atoms with van der Waals surface area (Å²) in [6, 6.07) is 3.27. The zero-order valence-electron chi connectivity index (χ0n) is 11.5. The average molecular weight is 316 g/mol. The fourth-order valence-electron chi connectivity index (χ4n) is 2.35. The Kier molecular flexibility index (Phi) is 5.70. The lowest BCUT2D eigenvalue weighted by molar-refractivity contribution is 0.0895. The van der Waals surface area contributed by atoms with Gasteiger partial charge in [0.15, 0.2) is 5.78 Å². The molecule has 1 N–H and O–H groups in total. The minimum Gasteiger partial charge on any atom is -0.493 e. The van der Waals surface area contributed by atoms with Crippen molar-refractivity contribution in [1.29, 1.82) is 0 Å². The second-order valence-corrected chi connectivity index (χ2v) is 5.83. The molecule has 2 rings (SSSR count). The first-order valence-corrected chi connectivity index (χ1v) is 7.75. The van der Waals surface area contributed by atoms with Gasteiger partial charge in [0, 0.05) is 18.5 Å². The van der Waals surface area contributed by atoms with Crippen molar-refractivity contribution in [2.24, 2.45) is 5.92 Å². The van der Waals surface area contributed by atoms with Crippen molar-refractivity contribution in [3.63, 3.8) is 0 Å². The molecule has 1 aliphatic rings. The smallest absolute Gasteiger partial charge is 0.170 e. The van der Waals surface area contributed by atoms with Crippen LogP contribution in [0.25, 0.3) is 0 Å². The number of carbonyl (C=O) groups is 1. The molecule has 0 amide bonds. The monoisotopic (exact) mass is 315 g/mol. The molecule has 0 spiro atoms. The Morgan fingerprint density at radius 1 is 1.40 bits per heavy atom. The van der Waals surface area contributed by atoms with E-state index in [0.717, 1.165) is 25.8 Å². The Morgan fingerprint density at radius 3 is 2.80 bits per heavy atom. The van der Waals surface area contributed by atoms with Crippen molar-refractivity contribution < 1.29 is 9.53 Å². The molecule has 1 aliphatic heterocycles. The van der Waals surface area contributed by atoms with E-state index in [-0.39, 0.29) is 11.7 Å². The zero-order chi connectivity index (χ0) is 14.5. The molecule has 0 saturated carbocycles. The van der Waals surface area contributed by atoms with Crippen LogP contribution in [0.1, 0.15) is 36.5 Å². The van der Waals surface area contributed by atoms with Crippen LogP contribution >= 0.6 is 23.2 Å². The van der Waals surface area contributed by atoms with E-state index in [9.17, 15) is 4.79 Å². The third kappa shape index (κ3) is 3.66. The summed E-state index contributed by atoms with van der Waals surface area (Å²) in [5.74, 6) is 0.615. The van der Waals surface area contributed by atoms with Crippen molar-refractivity contribution in [2.75, 3.05) is 19.7 Å². The van der Waals surface area contributed by atoms with Gasteiger partial charge in [-0.05, 0) is 31.9 Å². The first kappa shape index (κ1) is 15.6. The number of Topliss-reactive ketones (excluding diaryl/α,β-unsaturated/α-hetero) is 1. The van der Waals surface area contributed by atoms with Crippen molar-refractivity contribution in [2.45, 2.75) is 26.2 Å². The van der Waals surface area contributed by atoms with Crippen LogP contribution in [0.2, 0.25) is 10.0 Å². The van der Waals surface area contributed by atoms with Crippen molar-refractivity contribution in [3.05, 3.63) is 27.7 Å². The number of ether oxygens (including phenoxy) is 1. The largest absolute Gasteiger partial charge is 0.493 e. The van der Waals surface area contributed by atoms with Gasteiger partial charge in [0.1, 0.15) is 5.75 Å². The summed E-state index contributed by atoms with van der Waals surface area (Å²) < 4.78 is 5.65. The maximum Gasteiger partial charge on any atom is 0.170 e. The van der Waals surface area contributed by atoms with Gasteiger partial charge in [-0.3, -0.25) is 4.79 Å². The molecule has 1 heterocycles.